The Morgan fingerprint density at radius 1 is 1.10 bits per heavy atom. The van der Waals surface area contributed by atoms with Gasteiger partial charge in [0.2, 0.25) is 0 Å². The lowest BCUT2D eigenvalue weighted by Crippen LogP contribution is -2.13. The molecule has 3 rings (SSSR count). The van der Waals surface area contributed by atoms with Gasteiger partial charge in [-0.05, 0) is 46.3 Å². The van der Waals surface area contributed by atoms with Crippen molar-refractivity contribution in [2.45, 2.75) is 4.90 Å². The number of anilines is 1. The zero-order chi connectivity index (χ0) is 15.0. The predicted octanol–water partition coefficient (Wildman–Crippen LogP) is 3.06. The first kappa shape index (κ1) is 14.5. The van der Waals surface area contributed by atoms with Crippen LogP contribution in [0.4, 0.5) is 5.69 Å². The molecular formula is C12H8Br2N4O2S. The smallest absolute Gasteiger partial charge is 0.262 e. The van der Waals surface area contributed by atoms with Gasteiger partial charge in [-0.2, -0.15) is 0 Å². The van der Waals surface area contributed by atoms with E-state index in [0.717, 1.165) is 4.47 Å². The van der Waals surface area contributed by atoms with E-state index in [9.17, 15) is 8.42 Å². The zero-order valence-electron chi connectivity index (χ0n) is 10.4. The molecule has 3 aromatic rings. The molecule has 1 N–H and O–H groups in total. The minimum absolute atomic E-state index is 0.170. The van der Waals surface area contributed by atoms with E-state index < -0.39 is 10.0 Å². The molecule has 0 spiro atoms. The summed E-state index contributed by atoms with van der Waals surface area (Å²) in [6, 6.07) is 8.02. The summed E-state index contributed by atoms with van der Waals surface area (Å²) in [4.78, 5) is 0.170. The van der Waals surface area contributed by atoms with Crippen LogP contribution in [-0.4, -0.2) is 23.0 Å². The fraction of sp³-hybridized carbons (Fsp3) is 0. The van der Waals surface area contributed by atoms with Crippen molar-refractivity contribution in [3.8, 4) is 0 Å². The number of pyridine rings is 1. The van der Waals surface area contributed by atoms with E-state index in [4.69, 9.17) is 0 Å². The van der Waals surface area contributed by atoms with Gasteiger partial charge < -0.3 is 0 Å². The number of rotatable bonds is 3. The van der Waals surface area contributed by atoms with Crippen LogP contribution >= 0.6 is 31.9 Å². The van der Waals surface area contributed by atoms with Crippen LogP contribution in [0.25, 0.3) is 5.65 Å². The SMILES string of the molecule is O=S(=O)(Nc1cc(Br)cn2cnnc12)c1ccc(Br)cc1. The first-order chi connectivity index (χ1) is 9.95. The van der Waals surface area contributed by atoms with Gasteiger partial charge in [0.15, 0.2) is 5.65 Å². The third-order valence-electron chi connectivity index (χ3n) is 2.73. The summed E-state index contributed by atoms with van der Waals surface area (Å²) in [5.74, 6) is 0. The molecule has 0 aliphatic rings. The van der Waals surface area contributed by atoms with E-state index in [1.54, 1.807) is 28.8 Å². The quantitative estimate of drug-likeness (QED) is 0.691. The molecule has 0 saturated heterocycles. The van der Waals surface area contributed by atoms with Gasteiger partial charge in [0.25, 0.3) is 10.0 Å². The van der Waals surface area contributed by atoms with Crippen molar-refractivity contribution in [3.05, 3.63) is 51.8 Å². The summed E-state index contributed by atoms with van der Waals surface area (Å²) in [6.07, 6.45) is 3.24. The third-order valence-corrected chi connectivity index (χ3v) is 5.07. The number of sulfonamides is 1. The largest absolute Gasteiger partial charge is 0.286 e. The predicted molar refractivity (Wildman–Crippen MR) is 85.6 cm³/mol. The second kappa shape index (κ2) is 5.39. The van der Waals surface area contributed by atoms with Gasteiger partial charge in [0.1, 0.15) is 6.33 Å². The Kier molecular flexibility index (Phi) is 3.72. The van der Waals surface area contributed by atoms with Gasteiger partial charge in [-0.1, -0.05) is 15.9 Å². The molecule has 21 heavy (non-hydrogen) atoms. The minimum atomic E-state index is -3.69. The van der Waals surface area contributed by atoms with Crippen LogP contribution < -0.4 is 4.72 Å². The second-order valence-corrected chi connectivity index (χ2v) is 7.71. The Balaban J connectivity index is 2.05. The van der Waals surface area contributed by atoms with E-state index in [0.29, 0.717) is 15.8 Å². The fourth-order valence-electron chi connectivity index (χ4n) is 1.80. The van der Waals surface area contributed by atoms with E-state index in [1.165, 1.54) is 18.5 Å². The first-order valence-corrected chi connectivity index (χ1v) is 8.80. The average Bonchev–Trinajstić information content (AvgIpc) is 2.87. The summed E-state index contributed by atoms with van der Waals surface area (Å²) in [6.45, 7) is 0. The van der Waals surface area contributed by atoms with E-state index in [2.05, 4.69) is 46.8 Å². The summed E-state index contributed by atoms with van der Waals surface area (Å²) < 4.78 is 30.5. The molecule has 0 aliphatic heterocycles. The van der Waals surface area contributed by atoms with E-state index in [1.807, 2.05) is 0 Å². The molecule has 108 valence electrons. The lowest BCUT2D eigenvalue weighted by atomic mass is 10.4. The van der Waals surface area contributed by atoms with Crippen molar-refractivity contribution in [2.75, 3.05) is 4.72 Å². The molecule has 0 atom stereocenters. The van der Waals surface area contributed by atoms with Crippen molar-refractivity contribution in [1.82, 2.24) is 14.6 Å². The maximum Gasteiger partial charge on any atom is 0.262 e. The summed E-state index contributed by atoms with van der Waals surface area (Å²) >= 11 is 6.60. The first-order valence-electron chi connectivity index (χ1n) is 5.73. The molecule has 0 amide bonds. The molecule has 2 heterocycles. The van der Waals surface area contributed by atoms with Gasteiger partial charge in [0, 0.05) is 15.1 Å². The number of aromatic nitrogens is 3. The lowest BCUT2D eigenvalue weighted by Gasteiger charge is -2.09. The van der Waals surface area contributed by atoms with Crippen molar-refractivity contribution < 1.29 is 8.42 Å². The zero-order valence-corrected chi connectivity index (χ0v) is 14.4. The highest BCUT2D eigenvalue weighted by molar-refractivity contribution is 9.10. The highest BCUT2D eigenvalue weighted by atomic mass is 79.9. The Morgan fingerprint density at radius 2 is 1.81 bits per heavy atom. The molecule has 9 heteroatoms. The third kappa shape index (κ3) is 2.94. The Bertz CT molecular complexity index is 907. The average molecular weight is 432 g/mol. The van der Waals surface area contributed by atoms with Gasteiger partial charge in [0.05, 0.1) is 10.6 Å². The molecule has 1 aromatic carbocycles. The number of hydrogen-bond acceptors (Lipinski definition) is 4. The molecule has 0 bridgehead atoms. The van der Waals surface area contributed by atoms with Crippen LogP contribution in [0.15, 0.2) is 56.7 Å². The number of fused-ring (bicyclic) bond motifs is 1. The maximum absolute atomic E-state index is 12.4. The molecule has 2 aromatic heterocycles. The number of hydrogen-bond donors (Lipinski definition) is 1. The molecule has 6 nitrogen and oxygen atoms in total. The van der Waals surface area contributed by atoms with Crippen LogP contribution in [-0.2, 0) is 10.0 Å². The number of benzene rings is 1. The number of nitrogens with one attached hydrogen (secondary N) is 1. The summed E-state index contributed by atoms with van der Waals surface area (Å²) in [7, 11) is -3.69. The summed E-state index contributed by atoms with van der Waals surface area (Å²) in [5.41, 5.74) is 0.781. The molecule has 0 unspecified atom stereocenters. The van der Waals surface area contributed by atoms with Crippen LogP contribution in [0.1, 0.15) is 0 Å². The van der Waals surface area contributed by atoms with Crippen molar-refractivity contribution >= 4 is 53.2 Å². The van der Waals surface area contributed by atoms with Gasteiger partial charge in [-0.25, -0.2) is 8.42 Å². The molecule has 0 fully saturated rings. The molecule has 0 radical (unpaired) electrons. The highest BCUT2D eigenvalue weighted by Gasteiger charge is 2.17. The van der Waals surface area contributed by atoms with E-state index >= 15 is 0 Å². The fourth-order valence-corrected chi connectivity index (χ4v) is 3.56. The van der Waals surface area contributed by atoms with Gasteiger partial charge in [-0.15, -0.1) is 10.2 Å². The molecule has 0 saturated carbocycles. The highest BCUT2D eigenvalue weighted by Crippen LogP contribution is 2.24. The van der Waals surface area contributed by atoms with E-state index in [-0.39, 0.29) is 4.90 Å². The van der Waals surface area contributed by atoms with Crippen LogP contribution in [0.3, 0.4) is 0 Å². The van der Waals surface area contributed by atoms with Gasteiger partial charge >= 0.3 is 0 Å². The van der Waals surface area contributed by atoms with Crippen LogP contribution in [0, 0.1) is 0 Å². The van der Waals surface area contributed by atoms with Crippen molar-refractivity contribution in [3.63, 3.8) is 0 Å². The van der Waals surface area contributed by atoms with Gasteiger partial charge in [-0.3, -0.25) is 9.12 Å². The molecular weight excluding hydrogens is 424 g/mol. The maximum atomic E-state index is 12.4. The topological polar surface area (TPSA) is 76.4 Å². The second-order valence-electron chi connectivity index (χ2n) is 4.19. The van der Waals surface area contributed by atoms with Crippen molar-refractivity contribution in [2.24, 2.45) is 0 Å². The Labute approximate surface area is 137 Å². The number of halogens is 2. The van der Waals surface area contributed by atoms with Crippen LogP contribution in [0.5, 0.6) is 0 Å². The Hall–Kier alpha value is -1.45. The Morgan fingerprint density at radius 3 is 2.52 bits per heavy atom. The molecule has 0 aliphatic carbocycles. The monoisotopic (exact) mass is 430 g/mol. The minimum Gasteiger partial charge on any atom is -0.286 e. The lowest BCUT2D eigenvalue weighted by molar-refractivity contribution is 0.601. The normalized spacial score (nSPS) is 11.7. The van der Waals surface area contributed by atoms with Crippen LogP contribution in [0.2, 0.25) is 0 Å². The standard InChI is InChI=1S/C12H8Br2N4O2S/c13-8-1-3-10(4-2-8)21(19,20)17-11-5-9(14)6-18-7-15-16-12(11)18/h1-7,17H. The number of nitrogens with zero attached hydrogens (tertiary/aromatic N) is 3. The van der Waals surface area contributed by atoms with Crippen molar-refractivity contribution in [1.29, 1.82) is 0 Å². The summed E-state index contributed by atoms with van der Waals surface area (Å²) in [5, 5.41) is 7.68.